The zero-order valence-electron chi connectivity index (χ0n) is 23.0. The minimum Gasteiger partial charge on any atom is -0.383 e. The van der Waals surface area contributed by atoms with Gasteiger partial charge in [-0.1, -0.05) is 43.3 Å². The van der Waals surface area contributed by atoms with Gasteiger partial charge in [0, 0.05) is 11.4 Å². The van der Waals surface area contributed by atoms with E-state index in [0.29, 0.717) is 33.7 Å². The maximum Gasteiger partial charge on any atom is 0.248 e. The summed E-state index contributed by atoms with van der Waals surface area (Å²) in [6.07, 6.45) is 1.99. The molecule has 1 fully saturated rings. The highest BCUT2D eigenvalue weighted by molar-refractivity contribution is 9.10. The normalized spacial score (nSPS) is 18.7. The Labute approximate surface area is 245 Å². The largest absolute Gasteiger partial charge is 0.383 e. The van der Waals surface area contributed by atoms with E-state index in [4.69, 9.17) is 5.73 Å². The number of nitrogens with one attached hydrogen (secondary N) is 1. The molecule has 0 aliphatic carbocycles. The summed E-state index contributed by atoms with van der Waals surface area (Å²) < 4.78 is 2.53. The number of benzene rings is 2. The van der Waals surface area contributed by atoms with Crippen molar-refractivity contribution in [2.45, 2.75) is 45.8 Å². The highest BCUT2D eigenvalue weighted by Crippen LogP contribution is 2.37. The van der Waals surface area contributed by atoms with Crippen molar-refractivity contribution in [3.05, 3.63) is 77.2 Å². The molecule has 1 aliphatic rings. The number of nitrogens with zero attached hydrogens (tertiary/aromatic N) is 5. The number of pyridine rings is 1. The Bertz CT molecular complexity index is 1800. The summed E-state index contributed by atoms with van der Waals surface area (Å²) in [6.45, 7) is 6.10. The predicted octanol–water partition coefficient (Wildman–Crippen LogP) is 5.56. The SMILES string of the molecule is Cc1cc(-c2ccccc2)cc2c3c(N)ncnc3n(CC(=O)N3[C@H](C)[C@@H](C)C[C@H]3C(=O)Nc3cccc(Br)n3)c12. The van der Waals surface area contributed by atoms with E-state index in [0.717, 1.165) is 27.6 Å². The van der Waals surface area contributed by atoms with Gasteiger partial charge in [0.1, 0.15) is 40.8 Å². The molecule has 10 heteroatoms. The highest BCUT2D eigenvalue weighted by Gasteiger charge is 2.43. The number of aryl methyl sites for hydroxylation is 1. The lowest BCUT2D eigenvalue weighted by molar-refractivity contribution is -0.139. The van der Waals surface area contributed by atoms with Crippen LogP contribution in [0.4, 0.5) is 11.6 Å². The lowest BCUT2D eigenvalue weighted by atomic mass is 10.00. The molecule has 9 nitrogen and oxygen atoms in total. The predicted molar refractivity (Wildman–Crippen MR) is 164 cm³/mol. The molecular formula is C31H30BrN7O2. The van der Waals surface area contributed by atoms with E-state index in [1.54, 1.807) is 23.1 Å². The molecule has 1 saturated heterocycles. The first-order valence-electron chi connectivity index (χ1n) is 13.6. The monoisotopic (exact) mass is 611 g/mol. The fourth-order valence-electron chi connectivity index (χ4n) is 6.00. The van der Waals surface area contributed by atoms with E-state index in [1.165, 1.54) is 6.33 Å². The summed E-state index contributed by atoms with van der Waals surface area (Å²) in [5, 5.41) is 4.50. The Kier molecular flexibility index (Phi) is 6.94. The van der Waals surface area contributed by atoms with Crippen molar-refractivity contribution < 1.29 is 9.59 Å². The van der Waals surface area contributed by atoms with Crippen molar-refractivity contribution in [3.63, 3.8) is 0 Å². The molecule has 0 saturated carbocycles. The summed E-state index contributed by atoms with van der Waals surface area (Å²) in [7, 11) is 0. The van der Waals surface area contributed by atoms with Crippen LogP contribution in [-0.2, 0) is 16.1 Å². The number of hydrogen-bond donors (Lipinski definition) is 2. The van der Waals surface area contributed by atoms with Crippen LogP contribution >= 0.6 is 15.9 Å². The Hall–Kier alpha value is -4.31. The van der Waals surface area contributed by atoms with Crippen LogP contribution in [0.3, 0.4) is 0 Å². The van der Waals surface area contributed by atoms with Gasteiger partial charge in [-0.05, 0) is 83.1 Å². The average Bonchev–Trinajstić information content (AvgIpc) is 3.44. The van der Waals surface area contributed by atoms with Crippen molar-refractivity contribution in [3.8, 4) is 11.1 Å². The van der Waals surface area contributed by atoms with Crippen LogP contribution in [0.25, 0.3) is 33.1 Å². The minimum atomic E-state index is -0.619. The van der Waals surface area contributed by atoms with Gasteiger partial charge in [0.2, 0.25) is 11.8 Å². The number of likely N-dealkylation sites (tertiary alicyclic amines) is 1. The molecule has 4 heterocycles. The van der Waals surface area contributed by atoms with E-state index < -0.39 is 6.04 Å². The van der Waals surface area contributed by atoms with Crippen LogP contribution in [0.1, 0.15) is 25.8 Å². The molecule has 0 unspecified atom stereocenters. The van der Waals surface area contributed by atoms with Crippen LogP contribution in [0.2, 0.25) is 0 Å². The van der Waals surface area contributed by atoms with Gasteiger partial charge in [0.15, 0.2) is 0 Å². The molecule has 1 aliphatic heterocycles. The minimum absolute atomic E-state index is 0.0119. The van der Waals surface area contributed by atoms with Crippen LogP contribution in [-0.4, -0.2) is 48.3 Å². The first-order valence-corrected chi connectivity index (χ1v) is 14.3. The molecule has 41 heavy (non-hydrogen) atoms. The molecule has 2 amide bonds. The van der Waals surface area contributed by atoms with Crippen molar-refractivity contribution >= 4 is 61.3 Å². The fourth-order valence-corrected chi connectivity index (χ4v) is 6.34. The number of carbonyl (C=O) groups excluding carboxylic acids is 2. The summed E-state index contributed by atoms with van der Waals surface area (Å²) in [4.78, 5) is 42.4. The number of hydrogen-bond acceptors (Lipinski definition) is 6. The maximum atomic E-state index is 14.1. The van der Waals surface area contributed by atoms with Crippen LogP contribution < -0.4 is 11.1 Å². The molecule has 0 bridgehead atoms. The van der Waals surface area contributed by atoms with E-state index in [-0.39, 0.29) is 30.3 Å². The second-order valence-corrected chi connectivity index (χ2v) is 11.5. The van der Waals surface area contributed by atoms with Gasteiger partial charge in [-0.2, -0.15) is 0 Å². The molecule has 3 N–H and O–H groups in total. The first-order chi connectivity index (χ1) is 19.7. The summed E-state index contributed by atoms with van der Waals surface area (Å²) in [6, 6.07) is 18.9. The molecule has 3 aromatic heterocycles. The van der Waals surface area contributed by atoms with Crippen LogP contribution in [0.5, 0.6) is 0 Å². The van der Waals surface area contributed by atoms with Gasteiger partial charge >= 0.3 is 0 Å². The average molecular weight is 613 g/mol. The van der Waals surface area contributed by atoms with E-state index in [9.17, 15) is 9.59 Å². The maximum absolute atomic E-state index is 14.1. The van der Waals surface area contributed by atoms with Crippen LogP contribution in [0.15, 0.2) is 71.6 Å². The number of nitrogen functional groups attached to an aromatic ring is 1. The van der Waals surface area contributed by atoms with Gasteiger partial charge < -0.3 is 20.5 Å². The third-order valence-corrected chi connectivity index (χ3v) is 8.54. The quantitative estimate of drug-likeness (QED) is 0.251. The van der Waals surface area contributed by atoms with Crippen molar-refractivity contribution in [2.24, 2.45) is 5.92 Å². The Balaban J connectivity index is 1.39. The summed E-state index contributed by atoms with van der Waals surface area (Å²) >= 11 is 3.34. The molecular weight excluding hydrogens is 582 g/mol. The Morgan fingerprint density at radius 1 is 1.05 bits per heavy atom. The second-order valence-electron chi connectivity index (χ2n) is 10.7. The lowest BCUT2D eigenvalue weighted by Gasteiger charge is -2.29. The van der Waals surface area contributed by atoms with Gasteiger partial charge in [-0.25, -0.2) is 15.0 Å². The fraction of sp³-hybridized carbons (Fsp3) is 0.258. The van der Waals surface area contributed by atoms with Crippen molar-refractivity contribution in [1.82, 2.24) is 24.4 Å². The number of nitrogens with two attached hydrogens (primary N) is 1. The van der Waals surface area contributed by atoms with E-state index in [2.05, 4.69) is 67.4 Å². The highest BCUT2D eigenvalue weighted by atomic mass is 79.9. The number of halogens is 1. The van der Waals surface area contributed by atoms with Gasteiger partial charge in [0.25, 0.3) is 0 Å². The Morgan fingerprint density at radius 3 is 2.59 bits per heavy atom. The molecule has 5 aromatic rings. The number of anilines is 2. The zero-order chi connectivity index (χ0) is 28.8. The molecule has 6 rings (SSSR count). The van der Waals surface area contributed by atoms with Gasteiger partial charge in [-0.15, -0.1) is 0 Å². The number of carbonyl (C=O) groups is 2. The third-order valence-electron chi connectivity index (χ3n) is 8.10. The molecule has 0 radical (unpaired) electrons. The number of rotatable bonds is 5. The second kappa shape index (κ2) is 10.6. The standard InChI is InChI=1S/C31H30BrN7O2/c1-17-13-23(31(41)37-25-11-7-10-24(32)36-25)39(19(17)3)26(40)15-38-28-18(2)12-21(20-8-5-4-6-9-20)14-22(28)27-29(33)34-16-35-30(27)38/h4-12,14,16-17,19,23H,13,15H2,1-3H3,(H2,33,34,35)(H,36,37,41)/t17-,19+,23-/m0/s1. The molecule has 0 spiro atoms. The van der Waals surface area contributed by atoms with Crippen LogP contribution in [0, 0.1) is 12.8 Å². The number of aromatic nitrogens is 4. The van der Waals surface area contributed by atoms with Gasteiger partial charge in [0.05, 0.1) is 10.9 Å². The Morgan fingerprint density at radius 2 is 1.83 bits per heavy atom. The van der Waals surface area contributed by atoms with Crippen molar-refractivity contribution in [2.75, 3.05) is 11.1 Å². The third kappa shape index (κ3) is 4.82. The first kappa shape index (κ1) is 26.9. The lowest BCUT2D eigenvalue weighted by Crippen LogP contribution is -2.47. The summed E-state index contributed by atoms with van der Waals surface area (Å²) in [5.41, 5.74) is 11.0. The van der Waals surface area contributed by atoms with Gasteiger partial charge in [-0.3, -0.25) is 9.59 Å². The smallest absolute Gasteiger partial charge is 0.248 e. The van der Waals surface area contributed by atoms with E-state index in [1.807, 2.05) is 36.6 Å². The molecule has 2 aromatic carbocycles. The zero-order valence-corrected chi connectivity index (χ0v) is 24.6. The topological polar surface area (TPSA) is 119 Å². The summed E-state index contributed by atoms with van der Waals surface area (Å²) in [5.74, 6) is 0.530. The molecule has 208 valence electrons. The molecule has 3 atom stereocenters. The van der Waals surface area contributed by atoms with Crippen molar-refractivity contribution in [1.29, 1.82) is 0 Å². The number of amides is 2. The van der Waals surface area contributed by atoms with E-state index >= 15 is 0 Å². The number of fused-ring (bicyclic) bond motifs is 3.